The van der Waals surface area contributed by atoms with Gasteiger partial charge >= 0.3 is 23.3 Å². The number of halogens is 1. The predicted octanol–water partition coefficient (Wildman–Crippen LogP) is 3.72. The van der Waals surface area contributed by atoms with E-state index < -0.39 is 33.9 Å². The summed E-state index contributed by atoms with van der Waals surface area (Å²) in [6.45, 7) is -0.439. The van der Waals surface area contributed by atoms with Crippen LogP contribution in [0.1, 0.15) is 0 Å². The van der Waals surface area contributed by atoms with E-state index in [9.17, 15) is 29.8 Å². The van der Waals surface area contributed by atoms with Crippen LogP contribution in [0.3, 0.4) is 0 Å². The van der Waals surface area contributed by atoms with Crippen LogP contribution < -0.4 is 20.1 Å². The first-order valence-electron chi connectivity index (χ1n) is 11.8. The molecule has 2 atom stereocenters. The van der Waals surface area contributed by atoms with Crippen molar-refractivity contribution in [3.63, 3.8) is 0 Å². The average Bonchev–Trinajstić information content (AvgIpc) is 2.94. The topological polar surface area (TPSA) is 203 Å². The number of hydrogen-bond acceptors (Lipinski definition) is 10. The highest BCUT2D eigenvalue weighted by Crippen LogP contribution is 2.38. The fraction of sp³-hybridized carbons (Fsp3) is 0.231. The Morgan fingerprint density at radius 1 is 0.780 bits per heavy atom. The summed E-state index contributed by atoms with van der Waals surface area (Å²) in [6.07, 6.45) is 0. The number of carboxylic acids is 2. The van der Waals surface area contributed by atoms with Crippen LogP contribution in [-0.2, 0) is 9.59 Å². The fourth-order valence-corrected chi connectivity index (χ4v) is 3.81. The maximum absolute atomic E-state index is 11.2. The number of benzene rings is 3. The number of nitrogens with one attached hydrogen (secondary N) is 2. The van der Waals surface area contributed by atoms with Crippen molar-refractivity contribution < 1.29 is 39.1 Å². The third kappa shape index (κ3) is 9.23. The molecule has 3 rings (SSSR count). The van der Waals surface area contributed by atoms with E-state index in [0.29, 0.717) is 10.0 Å². The molecule has 0 aromatic heterocycles. The van der Waals surface area contributed by atoms with Gasteiger partial charge in [-0.05, 0) is 41.7 Å². The fourth-order valence-electron chi connectivity index (χ4n) is 3.34. The first kappa shape index (κ1) is 32.6. The number of nitro benzene ring substituents is 2. The lowest BCUT2D eigenvalue weighted by Crippen LogP contribution is -2.39. The summed E-state index contributed by atoms with van der Waals surface area (Å²) in [4.78, 5) is 42.7. The second-order valence-corrected chi connectivity index (χ2v) is 8.96. The van der Waals surface area contributed by atoms with Crippen molar-refractivity contribution in [2.45, 2.75) is 12.1 Å². The smallest absolute Gasteiger partial charge is 0.324 e. The third-order valence-corrected chi connectivity index (χ3v) is 6.12. The Morgan fingerprint density at radius 2 is 1.24 bits per heavy atom. The number of nitro groups is 2. The lowest BCUT2D eigenvalue weighted by Gasteiger charge is -2.15. The Bertz CT molecular complexity index is 1370. The zero-order chi connectivity index (χ0) is 30.5. The summed E-state index contributed by atoms with van der Waals surface area (Å²) >= 11 is 3.13. The van der Waals surface area contributed by atoms with Gasteiger partial charge in [0.25, 0.3) is 0 Å². The summed E-state index contributed by atoms with van der Waals surface area (Å²) in [7, 11) is 2.95. The molecule has 3 aromatic carbocycles. The minimum absolute atomic E-state index is 0.0176. The molecule has 0 radical (unpaired) electrons. The molecule has 41 heavy (non-hydrogen) atoms. The Kier molecular flexibility index (Phi) is 12.6. The van der Waals surface area contributed by atoms with Gasteiger partial charge in [0.05, 0.1) is 14.3 Å². The molecule has 14 nitrogen and oxygen atoms in total. The molecule has 218 valence electrons. The van der Waals surface area contributed by atoms with Crippen LogP contribution in [0, 0.1) is 20.2 Å². The zero-order valence-electron chi connectivity index (χ0n) is 21.9. The molecular formula is C26H27BrN4O10. The number of para-hydroxylation sites is 2. The molecule has 3 aromatic rings. The molecule has 0 amide bonds. The molecule has 15 heteroatoms. The normalized spacial score (nSPS) is 11.8. The van der Waals surface area contributed by atoms with E-state index in [-0.39, 0.29) is 36.1 Å². The lowest BCUT2D eigenvalue weighted by atomic mass is 10.0. The maximum Gasteiger partial charge on any atom is 0.324 e. The van der Waals surface area contributed by atoms with Gasteiger partial charge in [-0.25, -0.2) is 0 Å². The molecular weight excluding hydrogens is 608 g/mol. The van der Waals surface area contributed by atoms with E-state index in [1.165, 1.54) is 32.3 Å². The summed E-state index contributed by atoms with van der Waals surface area (Å²) in [6, 6.07) is 16.1. The summed E-state index contributed by atoms with van der Waals surface area (Å²) < 4.78 is 11.1. The van der Waals surface area contributed by atoms with Crippen LogP contribution in [0.15, 0.2) is 71.2 Å². The Labute approximate surface area is 242 Å². The van der Waals surface area contributed by atoms with Gasteiger partial charge in [-0.1, -0.05) is 48.5 Å². The minimum atomic E-state index is -1.09. The number of aliphatic carboxylic acids is 2. The minimum Gasteiger partial charge on any atom is -0.484 e. The molecule has 0 aliphatic carbocycles. The highest BCUT2D eigenvalue weighted by Gasteiger charge is 2.24. The number of likely N-dealkylation sites (N-methyl/N-ethyl adjacent to an activating group) is 2. The zero-order valence-corrected chi connectivity index (χ0v) is 23.4. The third-order valence-electron chi connectivity index (χ3n) is 5.50. The predicted molar refractivity (Wildman–Crippen MR) is 151 cm³/mol. The quantitative estimate of drug-likeness (QED) is 0.157. The molecule has 0 aliphatic rings. The highest BCUT2D eigenvalue weighted by molar-refractivity contribution is 9.10. The molecule has 0 spiro atoms. The van der Waals surface area contributed by atoms with Crippen molar-refractivity contribution in [3.8, 4) is 22.6 Å². The SMILES string of the molecule is CN[C@@H](COc1c(-c2ccccc2)cccc1[N+](=O)[O-])C(=O)O.CN[C@@H](COc1c(Br)cccc1[N+](=O)[O-])C(=O)O. The molecule has 0 aliphatic heterocycles. The van der Waals surface area contributed by atoms with Gasteiger partial charge in [0.2, 0.25) is 11.5 Å². The van der Waals surface area contributed by atoms with E-state index in [1.54, 1.807) is 30.3 Å². The van der Waals surface area contributed by atoms with Crippen molar-refractivity contribution in [2.24, 2.45) is 0 Å². The molecule has 4 N–H and O–H groups in total. The molecule has 0 heterocycles. The summed E-state index contributed by atoms with van der Waals surface area (Å²) in [5.41, 5.74) is 0.874. The van der Waals surface area contributed by atoms with Crippen LogP contribution in [0.25, 0.3) is 11.1 Å². The van der Waals surface area contributed by atoms with E-state index in [2.05, 4.69) is 26.6 Å². The molecule has 0 bridgehead atoms. The van der Waals surface area contributed by atoms with Crippen LogP contribution >= 0.6 is 15.9 Å². The first-order chi connectivity index (χ1) is 19.5. The largest absolute Gasteiger partial charge is 0.484 e. The molecule has 0 unspecified atom stereocenters. The standard InChI is InChI=1S/C16H16N2O5.C10H11BrN2O5/c1-17-13(16(19)20)10-23-15-12(11-6-3-2-4-7-11)8-5-9-14(15)18(21)22;1-12-7(10(14)15)5-18-9-6(11)3-2-4-8(9)13(16)17/h2-9,13,17H,10H2,1H3,(H,19,20);2-4,7,12H,5H2,1H3,(H,14,15)/t13-;7-/m00/s1. The van der Waals surface area contributed by atoms with Crippen molar-refractivity contribution in [1.29, 1.82) is 0 Å². The van der Waals surface area contributed by atoms with Crippen LogP contribution in [0.4, 0.5) is 11.4 Å². The number of rotatable bonds is 13. The molecule has 0 saturated heterocycles. The number of carbonyl (C=O) groups is 2. The van der Waals surface area contributed by atoms with Gasteiger partial charge in [0.15, 0.2) is 0 Å². The van der Waals surface area contributed by atoms with Crippen LogP contribution in [-0.4, -0.2) is 71.4 Å². The lowest BCUT2D eigenvalue weighted by molar-refractivity contribution is -0.386. The van der Waals surface area contributed by atoms with E-state index in [1.807, 2.05) is 18.2 Å². The second kappa shape index (κ2) is 15.9. The highest BCUT2D eigenvalue weighted by atomic mass is 79.9. The second-order valence-electron chi connectivity index (χ2n) is 8.10. The molecule has 0 fully saturated rings. The number of hydrogen-bond donors (Lipinski definition) is 4. The van der Waals surface area contributed by atoms with Crippen molar-refractivity contribution in [2.75, 3.05) is 27.3 Å². The van der Waals surface area contributed by atoms with Gasteiger partial charge in [-0.3, -0.25) is 29.8 Å². The van der Waals surface area contributed by atoms with Gasteiger partial charge in [-0.2, -0.15) is 0 Å². The van der Waals surface area contributed by atoms with Crippen molar-refractivity contribution >= 4 is 39.2 Å². The van der Waals surface area contributed by atoms with E-state index in [4.69, 9.17) is 19.7 Å². The van der Waals surface area contributed by atoms with E-state index >= 15 is 0 Å². The Hall–Kier alpha value is -4.60. The van der Waals surface area contributed by atoms with E-state index in [0.717, 1.165) is 5.56 Å². The Balaban J connectivity index is 0.000000296. The average molecular weight is 635 g/mol. The Morgan fingerprint density at radius 3 is 1.71 bits per heavy atom. The van der Waals surface area contributed by atoms with Gasteiger partial charge < -0.3 is 30.3 Å². The summed E-state index contributed by atoms with van der Waals surface area (Å²) in [5, 5.41) is 45.0. The number of ether oxygens (including phenoxy) is 2. The van der Waals surface area contributed by atoms with Gasteiger partial charge in [-0.15, -0.1) is 0 Å². The van der Waals surface area contributed by atoms with Crippen molar-refractivity contribution in [1.82, 2.24) is 10.6 Å². The molecule has 0 saturated carbocycles. The maximum atomic E-state index is 11.2. The van der Waals surface area contributed by atoms with Gasteiger partial charge in [0, 0.05) is 17.7 Å². The van der Waals surface area contributed by atoms with Crippen LogP contribution in [0.2, 0.25) is 0 Å². The number of carboxylic acid groups (broad SMARTS) is 2. The number of nitrogens with zero attached hydrogens (tertiary/aromatic N) is 2. The van der Waals surface area contributed by atoms with Gasteiger partial charge in [0.1, 0.15) is 25.3 Å². The first-order valence-corrected chi connectivity index (χ1v) is 12.6. The summed E-state index contributed by atoms with van der Waals surface area (Å²) in [5.74, 6) is -2.10. The van der Waals surface area contributed by atoms with Crippen LogP contribution in [0.5, 0.6) is 11.5 Å². The van der Waals surface area contributed by atoms with Crippen molar-refractivity contribution in [3.05, 3.63) is 91.4 Å². The monoisotopic (exact) mass is 634 g/mol.